The molecule has 1 aliphatic heterocycles. The molecule has 0 fully saturated rings. The lowest BCUT2D eigenvalue weighted by Crippen LogP contribution is -2.38. The fourth-order valence-electron chi connectivity index (χ4n) is 3.10. The molecule has 0 aliphatic carbocycles. The number of nitrogens with zero attached hydrogens (tertiary/aromatic N) is 1. The third-order valence-corrected chi connectivity index (χ3v) is 5.40. The highest BCUT2D eigenvalue weighted by Gasteiger charge is 2.31. The Morgan fingerprint density at radius 2 is 1.85 bits per heavy atom. The zero-order valence-corrected chi connectivity index (χ0v) is 13.0. The molecule has 0 saturated heterocycles. The number of thiophene rings is 1. The van der Waals surface area contributed by atoms with E-state index in [1.807, 2.05) is 11.3 Å². The molecule has 0 radical (unpaired) electrons. The lowest BCUT2D eigenvalue weighted by atomic mass is 10.0. The zero-order valence-electron chi connectivity index (χ0n) is 12.2. The summed E-state index contributed by atoms with van der Waals surface area (Å²) >= 11 is 1.85. The average Bonchev–Trinajstić information content (AvgIpc) is 3.05. The summed E-state index contributed by atoms with van der Waals surface area (Å²) in [6.07, 6.45) is 1.01. The van der Waals surface area contributed by atoms with Gasteiger partial charge < -0.3 is 5.73 Å². The molecule has 0 saturated carbocycles. The van der Waals surface area contributed by atoms with Gasteiger partial charge in [0.1, 0.15) is 0 Å². The van der Waals surface area contributed by atoms with E-state index in [4.69, 9.17) is 5.73 Å². The number of hydrogen-bond donors (Lipinski definition) is 1. The fourth-order valence-corrected chi connectivity index (χ4v) is 4.23. The van der Waals surface area contributed by atoms with Gasteiger partial charge in [0.05, 0.1) is 6.04 Å². The fraction of sp³-hybridized carbons (Fsp3) is 0.412. The van der Waals surface area contributed by atoms with Crippen molar-refractivity contribution < 1.29 is 0 Å². The number of nitrogens with two attached hydrogens (primary N) is 1. The third kappa shape index (κ3) is 2.41. The van der Waals surface area contributed by atoms with Crippen LogP contribution in [0.15, 0.2) is 35.7 Å². The molecule has 1 aliphatic rings. The minimum atomic E-state index is 0.196. The maximum atomic E-state index is 6.46. The van der Waals surface area contributed by atoms with Gasteiger partial charge in [-0.3, -0.25) is 4.90 Å². The minimum absolute atomic E-state index is 0.196. The number of hydrogen-bond acceptors (Lipinski definition) is 3. The second kappa shape index (κ2) is 5.68. The largest absolute Gasteiger partial charge is 0.326 e. The summed E-state index contributed by atoms with van der Waals surface area (Å²) in [6, 6.07) is 11.5. The van der Waals surface area contributed by atoms with Crippen LogP contribution in [0.3, 0.4) is 0 Å². The molecule has 3 heteroatoms. The first-order valence-electron chi connectivity index (χ1n) is 7.31. The van der Waals surface area contributed by atoms with Gasteiger partial charge in [-0.15, -0.1) is 11.3 Å². The number of fused-ring (bicyclic) bond motifs is 1. The van der Waals surface area contributed by atoms with Crippen molar-refractivity contribution in [1.82, 2.24) is 4.90 Å². The highest BCUT2D eigenvalue weighted by Crippen LogP contribution is 2.37. The van der Waals surface area contributed by atoms with E-state index < -0.39 is 0 Å². The van der Waals surface area contributed by atoms with Crippen LogP contribution in [0.5, 0.6) is 0 Å². The first kappa shape index (κ1) is 13.8. The van der Waals surface area contributed by atoms with Gasteiger partial charge in [-0.05, 0) is 41.5 Å². The van der Waals surface area contributed by atoms with Crippen molar-refractivity contribution in [3.05, 3.63) is 57.3 Å². The predicted octanol–water partition coefficient (Wildman–Crippen LogP) is 3.85. The van der Waals surface area contributed by atoms with E-state index in [0.29, 0.717) is 6.04 Å². The number of rotatable bonds is 4. The zero-order chi connectivity index (χ0) is 14.1. The Labute approximate surface area is 125 Å². The average molecular weight is 286 g/mol. The molecule has 2 nitrogen and oxygen atoms in total. The maximum absolute atomic E-state index is 6.46. The van der Waals surface area contributed by atoms with Gasteiger partial charge in [-0.1, -0.05) is 31.2 Å². The number of benzene rings is 1. The summed E-state index contributed by atoms with van der Waals surface area (Å²) in [6.45, 7) is 6.42. The molecular weight excluding hydrogens is 264 g/mol. The number of aryl methyl sites for hydroxylation is 1. The van der Waals surface area contributed by atoms with Gasteiger partial charge in [0.15, 0.2) is 0 Å². The first-order chi connectivity index (χ1) is 9.70. The topological polar surface area (TPSA) is 29.3 Å². The quantitative estimate of drug-likeness (QED) is 0.925. The molecule has 0 spiro atoms. The van der Waals surface area contributed by atoms with Gasteiger partial charge in [0.25, 0.3) is 0 Å². The lowest BCUT2D eigenvalue weighted by Gasteiger charge is -2.32. The second-order valence-electron chi connectivity index (χ2n) is 5.66. The Kier molecular flexibility index (Phi) is 3.92. The van der Waals surface area contributed by atoms with Crippen LogP contribution >= 0.6 is 11.3 Å². The van der Waals surface area contributed by atoms with Crippen LogP contribution in [0, 0.1) is 6.92 Å². The molecule has 106 valence electrons. The lowest BCUT2D eigenvalue weighted by molar-refractivity contribution is 0.173. The Morgan fingerprint density at radius 1 is 1.20 bits per heavy atom. The van der Waals surface area contributed by atoms with E-state index in [-0.39, 0.29) is 6.04 Å². The summed E-state index contributed by atoms with van der Waals surface area (Å²) in [5.41, 5.74) is 10.7. The third-order valence-electron chi connectivity index (χ3n) is 4.31. The molecule has 0 bridgehead atoms. The van der Waals surface area contributed by atoms with E-state index in [0.717, 1.165) is 19.5 Å². The van der Waals surface area contributed by atoms with Crippen LogP contribution in [0.4, 0.5) is 0 Å². The van der Waals surface area contributed by atoms with E-state index in [9.17, 15) is 0 Å². The van der Waals surface area contributed by atoms with Crippen LogP contribution < -0.4 is 5.73 Å². The summed E-state index contributed by atoms with van der Waals surface area (Å²) < 4.78 is 0. The molecule has 3 rings (SSSR count). The van der Waals surface area contributed by atoms with Crippen LogP contribution in [-0.2, 0) is 13.1 Å². The van der Waals surface area contributed by atoms with Gasteiger partial charge in [0.2, 0.25) is 0 Å². The molecule has 2 N–H and O–H groups in total. The molecule has 2 aromatic rings. The van der Waals surface area contributed by atoms with Crippen molar-refractivity contribution in [3.8, 4) is 0 Å². The van der Waals surface area contributed by atoms with Gasteiger partial charge in [-0.2, -0.15) is 0 Å². The van der Waals surface area contributed by atoms with Crippen molar-refractivity contribution in [1.29, 1.82) is 0 Å². The normalized spacial score (nSPS) is 17.9. The van der Waals surface area contributed by atoms with Crippen LogP contribution in [0.25, 0.3) is 0 Å². The van der Waals surface area contributed by atoms with Gasteiger partial charge >= 0.3 is 0 Å². The van der Waals surface area contributed by atoms with Gasteiger partial charge in [-0.25, -0.2) is 0 Å². The highest BCUT2D eigenvalue weighted by molar-refractivity contribution is 7.10. The highest BCUT2D eigenvalue weighted by atomic mass is 32.1. The molecule has 2 atom stereocenters. The SMILES string of the molecule is CCC(N)C(c1sccc1C)N1Cc2ccccc2C1. The van der Waals surface area contributed by atoms with Crippen LogP contribution in [0.1, 0.15) is 41.0 Å². The Bertz CT molecular complexity index is 565. The van der Waals surface area contributed by atoms with Gasteiger partial charge in [0, 0.05) is 24.0 Å². The summed E-state index contributed by atoms with van der Waals surface area (Å²) in [4.78, 5) is 3.98. The minimum Gasteiger partial charge on any atom is -0.326 e. The van der Waals surface area contributed by atoms with Crippen LogP contribution in [0.2, 0.25) is 0 Å². The molecule has 1 aromatic heterocycles. The molecule has 1 aromatic carbocycles. The van der Waals surface area contributed by atoms with Crippen molar-refractivity contribution in [2.75, 3.05) is 0 Å². The standard InChI is InChI=1S/C17H22N2S/c1-3-15(18)16(17-12(2)8-9-20-17)19-10-13-6-4-5-7-14(13)11-19/h4-9,15-16H,3,10-11,18H2,1-2H3. The molecule has 2 heterocycles. The van der Waals surface area contributed by atoms with E-state index in [2.05, 4.69) is 54.5 Å². The van der Waals surface area contributed by atoms with Crippen molar-refractivity contribution in [2.45, 2.75) is 45.4 Å². The molecule has 0 amide bonds. The Balaban J connectivity index is 1.91. The predicted molar refractivity (Wildman–Crippen MR) is 85.8 cm³/mol. The Hall–Kier alpha value is -1.16. The van der Waals surface area contributed by atoms with Crippen molar-refractivity contribution in [2.24, 2.45) is 5.73 Å². The molecule has 20 heavy (non-hydrogen) atoms. The smallest absolute Gasteiger partial charge is 0.0602 e. The Morgan fingerprint density at radius 3 is 2.35 bits per heavy atom. The van der Waals surface area contributed by atoms with Crippen molar-refractivity contribution >= 4 is 11.3 Å². The molecule has 2 unspecified atom stereocenters. The monoisotopic (exact) mass is 286 g/mol. The molecular formula is C17H22N2S. The second-order valence-corrected chi connectivity index (χ2v) is 6.61. The first-order valence-corrected chi connectivity index (χ1v) is 8.19. The van der Waals surface area contributed by atoms with Crippen LogP contribution in [-0.4, -0.2) is 10.9 Å². The van der Waals surface area contributed by atoms with Crippen molar-refractivity contribution in [3.63, 3.8) is 0 Å². The van der Waals surface area contributed by atoms with E-state index in [1.165, 1.54) is 21.6 Å². The maximum Gasteiger partial charge on any atom is 0.0602 e. The summed E-state index contributed by atoms with van der Waals surface area (Å²) in [5, 5.41) is 2.18. The van der Waals surface area contributed by atoms with E-state index in [1.54, 1.807) is 0 Å². The summed E-state index contributed by atoms with van der Waals surface area (Å²) in [7, 11) is 0. The van der Waals surface area contributed by atoms with E-state index >= 15 is 0 Å². The summed E-state index contributed by atoms with van der Waals surface area (Å²) in [5.74, 6) is 0.